The number of phenolic OH excluding ortho intramolecular Hbond substituents is 2. The van der Waals surface area contributed by atoms with Crippen molar-refractivity contribution in [3.8, 4) is 11.5 Å². The molecule has 0 bridgehead atoms. The van der Waals surface area contributed by atoms with Gasteiger partial charge in [0.1, 0.15) is 5.75 Å². The lowest BCUT2D eigenvalue weighted by Gasteiger charge is -2.17. The summed E-state index contributed by atoms with van der Waals surface area (Å²) in [5.74, 6) is -0.401. The number of hydrogen-bond donors (Lipinski definition) is 3. The van der Waals surface area contributed by atoms with Gasteiger partial charge in [0.2, 0.25) is 0 Å². The van der Waals surface area contributed by atoms with Gasteiger partial charge in [-0.15, -0.1) is 0 Å². The zero-order valence-corrected chi connectivity index (χ0v) is 12.0. The van der Waals surface area contributed by atoms with Crippen LogP contribution in [-0.4, -0.2) is 10.2 Å². The van der Waals surface area contributed by atoms with Gasteiger partial charge in [-0.3, -0.25) is 0 Å². The highest BCUT2D eigenvalue weighted by atomic mass is 19.1. The first-order chi connectivity index (χ1) is 9.97. The van der Waals surface area contributed by atoms with Crippen LogP contribution in [0.5, 0.6) is 11.5 Å². The fourth-order valence-electron chi connectivity index (χ4n) is 3.27. The van der Waals surface area contributed by atoms with Crippen molar-refractivity contribution in [1.82, 2.24) is 0 Å². The molecule has 0 saturated heterocycles. The van der Waals surface area contributed by atoms with Crippen molar-refractivity contribution >= 4 is 5.69 Å². The Balaban J connectivity index is 1.96. The number of fused-ring (bicyclic) bond motifs is 1. The van der Waals surface area contributed by atoms with E-state index in [1.54, 1.807) is 12.1 Å². The molecule has 2 aromatic rings. The molecule has 1 aliphatic carbocycles. The molecule has 4 heteroatoms. The van der Waals surface area contributed by atoms with Crippen LogP contribution in [0.25, 0.3) is 0 Å². The maximum atomic E-state index is 13.4. The van der Waals surface area contributed by atoms with E-state index in [1.165, 1.54) is 17.7 Å². The predicted molar refractivity (Wildman–Crippen MR) is 80.3 cm³/mol. The number of aromatic hydroxyl groups is 2. The van der Waals surface area contributed by atoms with E-state index in [1.807, 2.05) is 13.0 Å². The van der Waals surface area contributed by atoms with Crippen LogP contribution in [0, 0.1) is 12.7 Å². The lowest BCUT2D eigenvalue weighted by atomic mass is 9.97. The molecule has 2 atom stereocenters. The van der Waals surface area contributed by atoms with E-state index in [2.05, 4.69) is 12.2 Å². The number of hydrogen-bond acceptors (Lipinski definition) is 3. The number of anilines is 1. The van der Waals surface area contributed by atoms with Crippen LogP contribution in [0.3, 0.4) is 0 Å². The minimum Gasteiger partial charge on any atom is -0.508 e. The third-order valence-corrected chi connectivity index (χ3v) is 4.20. The summed E-state index contributed by atoms with van der Waals surface area (Å²) in [5, 5.41) is 22.7. The first kappa shape index (κ1) is 13.7. The summed E-state index contributed by atoms with van der Waals surface area (Å²) in [6.45, 7) is 4.17. The van der Waals surface area contributed by atoms with Crippen LogP contribution < -0.4 is 5.32 Å². The minimum absolute atomic E-state index is 0.0566. The van der Waals surface area contributed by atoms with Crippen molar-refractivity contribution in [2.24, 2.45) is 0 Å². The summed E-state index contributed by atoms with van der Waals surface area (Å²) in [6, 6.07) is 7.80. The molecule has 21 heavy (non-hydrogen) atoms. The van der Waals surface area contributed by atoms with Gasteiger partial charge in [-0.2, -0.15) is 0 Å². The molecule has 0 spiro atoms. The molecule has 2 unspecified atom stereocenters. The summed E-state index contributed by atoms with van der Waals surface area (Å²) in [5.41, 5.74) is 3.83. The van der Waals surface area contributed by atoms with Gasteiger partial charge in [0.05, 0.1) is 6.04 Å². The second-order valence-electron chi connectivity index (χ2n) is 5.73. The summed E-state index contributed by atoms with van der Waals surface area (Å²) in [7, 11) is 0. The quantitative estimate of drug-likeness (QED) is 0.725. The number of phenols is 2. The van der Waals surface area contributed by atoms with Gasteiger partial charge >= 0.3 is 0 Å². The summed E-state index contributed by atoms with van der Waals surface area (Å²) in [6.07, 6.45) is 0.843. The zero-order chi connectivity index (χ0) is 15.1. The van der Waals surface area contributed by atoms with E-state index in [0.29, 0.717) is 11.6 Å². The average Bonchev–Trinajstić information content (AvgIpc) is 2.76. The van der Waals surface area contributed by atoms with E-state index in [9.17, 15) is 14.6 Å². The highest BCUT2D eigenvalue weighted by Gasteiger charge is 2.32. The van der Waals surface area contributed by atoms with Crippen LogP contribution in [0.2, 0.25) is 0 Å². The highest BCUT2D eigenvalue weighted by molar-refractivity contribution is 5.56. The van der Waals surface area contributed by atoms with Crippen LogP contribution in [0.4, 0.5) is 10.1 Å². The van der Waals surface area contributed by atoms with Gasteiger partial charge < -0.3 is 15.5 Å². The lowest BCUT2D eigenvalue weighted by Crippen LogP contribution is -2.07. The molecule has 2 aromatic carbocycles. The van der Waals surface area contributed by atoms with Crippen molar-refractivity contribution in [3.63, 3.8) is 0 Å². The Kier molecular flexibility index (Phi) is 3.24. The van der Waals surface area contributed by atoms with Gasteiger partial charge in [-0.1, -0.05) is 13.0 Å². The van der Waals surface area contributed by atoms with Crippen molar-refractivity contribution in [1.29, 1.82) is 0 Å². The third kappa shape index (κ3) is 2.31. The standard InChI is InChI=1S/C17H18FNO2/c1-9-3-5-15(21)17-13(7-10(2)16(9)17)19-11-4-6-14(20)12(18)8-11/h3-6,8,10,13,19-21H,7H2,1-2H3. The number of halogens is 1. The van der Waals surface area contributed by atoms with Crippen LogP contribution in [0.15, 0.2) is 30.3 Å². The molecule has 0 heterocycles. The molecule has 0 amide bonds. The lowest BCUT2D eigenvalue weighted by molar-refractivity contribution is 0.432. The van der Waals surface area contributed by atoms with Crippen LogP contribution in [-0.2, 0) is 0 Å². The monoisotopic (exact) mass is 287 g/mol. The van der Waals surface area contributed by atoms with Crippen molar-refractivity contribution in [2.45, 2.75) is 32.2 Å². The van der Waals surface area contributed by atoms with Gasteiger partial charge in [0, 0.05) is 17.3 Å². The maximum Gasteiger partial charge on any atom is 0.166 e. The minimum atomic E-state index is -0.653. The Bertz CT molecular complexity index is 699. The van der Waals surface area contributed by atoms with E-state index in [0.717, 1.165) is 17.5 Å². The average molecular weight is 287 g/mol. The molecule has 1 aliphatic rings. The van der Waals surface area contributed by atoms with Gasteiger partial charge in [0.15, 0.2) is 11.6 Å². The van der Waals surface area contributed by atoms with Crippen molar-refractivity contribution < 1.29 is 14.6 Å². The molecule has 0 aromatic heterocycles. The zero-order valence-electron chi connectivity index (χ0n) is 12.0. The first-order valence-electron chi connectivity index (χ1n) is 7.04. The number of rotatable bonds is 2. The van der Waals surface area contributed by atoms with Gasteiger partial charge in [-0.25, -0.2) is 4.39 Å². The number of benzene rings is 2. The summed E-state index contributed by atoms with van der Waals surface area (Å²) >= 11 is 0. The molecule has 110 valence electrons. The molecule has 3 N–H and O–H groups in total. The second kappa shape index (κ2) is 4.95. The van der Waals surface area contributed by atoms with Crippen LogP contribution >= 0.6 is 0 Å². The number of nitrogens with one attached hydrogen (secondary N) is 1. The smallest absolute Gasteiger partial charge is 0.166 e. The molecule has 3 rings (SSSR count). The first-order valence-corrected chi connectivity index (χ1v) is 7.04. The Hall–Kier alpha value is -2.23. The van der Waals surface area contributed by atoms with Gasteiger partial charge in [0.25, 0.3) is 0 Å². The third-order valence-electron chi connectivity index (χ3n) is 4.20. The normalized spacial score (nSPS) is 20.3. The topological polar surface area (TPSA) is 52.5 Å². The Labute approximate surface area is 123 Å². The predicted octanol–water partition coefficient (Wildman–Crippen LogP) is 4.21. The summed E-state index contributed by atoms with van der Waals surface area (Å²) in [4.78, 5) is 0. The Morgan fingerprint density at radius 3 is 2.52 bits per heavy atom. The molecule has 3 nitrogen and oxygen atoms in total. The largest absolute Gasteiger partial charge is 0.508 e. The fourth-order valence-corrected chi connectivity index (χ4v) is 3.27. The SMILES string of the molecule is Cc1ccc(O)c2c1C(C)CC2Nc1ccc(O)c(F)c1. The maximum absolute atomic E-state index is 13.4. The van der Waals surface area contributed by atoms with E-state index < -0.39 is 5.82 Å². The Morgan fingerprint density at radius 1 is 1.10 bits per heavy atom. The second-order valence-corrected chi connectivity index (χ2v) is 5.73. The molecular formula is C17H18FNO2. The molecule has 0 radical (unpaired) electrons. The Morgan fingerprint density at radius 2 is 1.81 bits per heavy atom. The molecule has 0 saturated carbocycles. The van der Waals surface area contributed by atoms with Crippen molar-refractivity contribution in [2.75, 3.05) is 5.32 Å². The van der Waals surface area contributed by atoms with E-state index in [4.69, 9.17) is 0 Å². The fraction of sp³-hybridized carbons (Fsp3) is 0.294. The van der Waals surface area contributed by atoms with E-state index in [-0.39, 0.29) is 17.5 Å². The van der Waals surface area contributed by atoms with Gasteiger partial charge in [-0.05, 0) is 48.6 Å². The molecule has 0 fully saturated rings. The van der Waals surface area contributed by atoms with E-state index >= 15 is 0 Å². The number of aryl methyl sites for hydroxylation is 1. The highest BCUT2D eigenvalue weighted by Crippen LogP contribution is 2.47. The molecule has 0 aliphatic heterocycles. The van der Waals surface area contributed by atoms with Crippen molar-refractivity contribution in [3.05, 3.63) is 52.8 Å². The summed E-state index contributed by atoms with van der Waals surface area (Å²) < 4.78 is 13.4. The molecular weight excluding hydrogens is 269 g/mol. The van der Waals surface area contributed by atoms with Crippen LogP contribution in [0.1, 0.15) is 42.0 Å².